The summed E-state index contributed by atoms with van der Waals surface area (Å²) >= 11 is 0. The van der Waals surface area contributed by atoms with E-state index < -0.39 is 24.0 Å². The van der Waals surface area contributed by atoms with Crippen LogP contribution in [0.1, 0.15) is 13.8 Å². The van der Waals surface area contributed by atoms with Crippen LogP contribution in [0, 0.1) is 5.92 Å². The summed E-state index contributed by atoms with van der Waals surface area (Å²) in [6.45, 7) is 3.83. The van der Waals surface area contributed by atoms with Crippen LogP contribution in [0.15, 0.2) is 24.3 Å². The van der Waals surface area contributed by atoms with Crippen LogP contribution in [0.2, 0.25) is 0 Å². The van der Waals surface area contributed by atoms with Gasteiger partial charge in [0.25, 0.3) is 0 Å². The Bertz CT molecular complexity index is 461. The summed E-state index contributed by atoms with van der Waals surface area (Å²) in [5, 5.41) is 6.20. The van der Waals surface area contributed by atoms with Crippen LogP contribution >= 0.6 is 0 Å². The van der Waals surface area contributed by atoms with Gasteiger partial charge < -0.3 is 20.1 Å². The molecule has 0 atom stereocenters. The Hall–Kier alpha value is -2.24. The van der Waals surface area contributed by atoms with Crippen molar-refractivity contribution < 1.29 is 19.1 Å². The number of benzene rings is 1. The van der Waals surface area contributed by atoms with Gasteiger partial charge >= 0.3 is 11.9 Å². The van der Waals surface area contributed by atoms with Crippen LogP contribution < -0.4 is 10.6 Å². The molecule has 6 heteroatoms. The van der Waals surface area contributed by atoms with Crippen molar-refractivity contribution in [3.63, 3.8) is 0 Å². The predicted octanol–water partition coefficient (Wildman–Crippen LogP) is 1.59. The number of rotatable bonds is 5. The summed E-state index contributed by atoms with van der Waals surface area (Å²) in [6, 6.07) is 7.49. The minimum absolute atomic E-state index is 0.217. The monoisotopic (exact) mass is 278 g/mol. The third kappa shape index (κ3) is 2.84. The Morgan fingerprint density at radius 1 is 1.05 bits per heavy atom. The average molecular weight is 278 g/mol. The molecular weight excluding hydrogens is 260 g/mol. The fraction of sp³-hybridized carbons (Fsp3) is 0.429. The van der Waals surface area contributed by atoms with E-state index in [1.165, 1.54) is 0 Å². The molecule has 0 radical (unpaired) electrons. The second-order valence-electron chi connectivity index (χ2n) is 4.29. The van der Waals surface area contributed by atoms with E-state index in [2.05, 4.69) is 10.6 Å². The van der Waals surface area contributed by atoms with Gasteiger partial charge in [-0.3, -0.25) is 9.59 Å². The van der Waals surface area contributed by atoms with E-state index in [9.17, 15) is 9.59 Å². The van der Waals surface area contributed by atoms with Gasteiger partial charge in [-0.1, -0.05) is 12.1 Å². The molecule has 1 heterocycles. The molecule has 0 fully saturated rings. The van der Waals surface area contributed by atoms with Crippen LogP contribution in [0.3, 0.4) is 0 Å². The lowest BCUT2D eigenvalue weighted by atomic mass is 10.1. The lowest BCUT2D eigenvalue weighted by molar-refractivity contribution is -0.161. The van der Waals surface area contributed by atoms with Crippen LogP contribution in [0.4, 0.5) is 11.4 Å². The number of carbonyl (C=O) groups is 2. The summed E-state index contributed by atoms with van der Waals surface area (Å²) in [6.07, 6.45) is -0.564. The Kier molecular flexibility index (Phi) is 4.45. The zero-order valence-corrected chi connectivity index (χ0v) is 11.5. The number of hydrogen-bond donors (Lipinski definition) is 2. The predicted molar refractivity (Wildman–Crippen MR) is 74.2 cm³/mol. The average Bonchev–Trinajstić information content (AvgIpc) is 2.82. The summed E-state index contributed by atoms with van der Waals surface area (Å²) in [5.74, 6) is -2.23. The number of fused-ring (bicyclic) bond motifs is 1. The van der Waals surface area contributed by atoms with E-state index in [0.29, 0.717) is 0 Å². The Morgan fingerprint density at radius 2 is 1.50 bits per heavy atom. The first-order chi connectivity index (χ1) is 9.67. The largest absolute Gasteiger partial charge is 0.465 e. The van der Waals surface area contributed by atoms with E-state index in [-0.39, 0.29) is 13.2 Å². The highest BCUT2D eigenvalue weighted by atomic mass is 16.6. The zero-order chi connectivity index (χ0) is 14.5. The number of nitrogens with one attached hydrogen (secondary N) is 2. The summed E-state index contributed by atoms with van der Waals surface area (Å²) in [4.78, 5) is 24.0. The van der Waals surface area contributed by atoms with Gasteiger partial charge in [0, 0.05) is 0 Å². The Labute approximate surface area is 117 Å². The van der Waals surface area contributed by atoms with Crippen molar-refractivity contribution in [1.82, 2.24) is 0 Å². The van der Waals surface area contributed by atoms with Crippen molar-refractivity contribution in [2.45, 2.75) is 20.0 Å². The summed E-state index contributed by atoms with van der Waals surface area (Å²) in [7, 11) is 0. The first-order valence-electron chi connectivity index (χ1n) is 6.62. The van der Waals surface area contributed by atoms with Gasteiger partial charge in [-0.25, -0.2) is 0 Å². The number of esters is 2. The van der Waals surface area contributed by atoms with Crippen LogP contribution in [0.5, 0.6) is 0 Å². The van der Waals surface area contributed by atoms with Crippen molar-refractivity contribution in [3.05, 3.63) is 24.3 Å². The van der Waals surface area contributed by atoms with Crippen LogP contribution in [-0.2, 0) is 19.1 Å². The molecule has 0 amide bonds. The molecule has 20 heavy (non-hydrogen) atoms. The van der Waals surface area contributed by atoms with Gasteiger partial charge in [0.2, 0.25) is 0 Å². The molecule has 0 aromatic heterocycles. The fourth-order valence-electron chi connectivity index (χ4n) is 2.11. The molecule has 1 aromatic rings. The number of para-hydroxylation sites is 2. The van der Waals surface area contributed by atoms with E-state index in [1.807, 2.05) is 24.3 Å². The molecule has 2 rings (SSSR count). The van der Waals surface area contributed by atoms with Gasteiger partial charge in [-0.15, -0.1) is 0 Å². The third-order valence-electron chi connectivity index (χ3n) is 2.96. The van der Waals surface area contributed by atoms with Crippen molar-refractivity contribution in [3.8, 4) is 0 Å². The van der Waals surface area contributed by atoms with Crippen molar-refractivity contribution in [1.29, 1.82) is 0 Å². The standard InChI is InChI=1S/C14H18N2O4/c1-3-19-13(17)11(14(18)20-4-2)12-15-9-7-5-6-8-10(9)16-12/h5-8,11-12,15-16H,3-4H2,1-2H3. The molecule has 0 saturated heterocycles. The zero-order valence-electron chi connectivity index (χ0n) is 11.5. The minimum atomic E-state index is -1.04. The minimum Gasteiger partial charge on any atom is -0.465 e. The molecule has 6 nitrogen and oxygen atoms in total. The highest BCUT2D eigenvalue weighted by Gasteiger charge is 2.40. The third-order valence-corrected chi connectivity index (χ3v) is 2.96. The molecule has 2 N–H and O–H groups in total. The molecule has 0 saturated carbocycles. The summed E-state index contributed by atoms with van der Waals surface area (Å²) < 4.78 is 9.93. The first-order valence-corrected chi connectivity index (χ1v) is 6.62. The molecule has 1 aromatic carbocycles. The quantitative estimate of drug-likeness (QED) is 0.629. The molecule has 0 bridgehead atoms. The van der Waals surface area contributed by atoms with Crippen molar-refractivity contribution in [2.75, 3.05) is 23.8 Å². The van der Waals surface area contributed by atoms with Gasteiger partial charge in [-0.05, 0) is 26.0 Å². The van der Waals surface area contributed by atoms with E-state index in [1.54, 1.807) is 13.8 Å². The van der Waals surface area contributed by atoms with Crippen LogP contribution in [-0.4, -0.2) is 31.3 Å². The second-order valence-corrected chi connectivity index (χ2v) is 4.29. The van der Waals surface area contributed by atoms with Crippen LogP contribution in [0.25, 0.3) is 0 Å². The molecule has 108 valence electrons. The highest BCUT2D eigenvalue weighted by Crippen LogP contribution is 2.31. The maximum atomic E-state index is 12.0. The van der Waals surface area contributed by atoms with Crippen molar-refractivity contribution >= 4 is 23.3 Å². The second kappa shape index (κ2) is 6.27. The lowest BCUT2D eigenvalue weighted by Gasteiger charge is -2.21. The topological polar surface area (TPSA) is 76.7 Å². The smallest absolute Gasteiger partial charge is 0.324 e. The first kappa shape index (κ1) is 14.2. The number of anilines is 2. The Morgan fingerprint density at radius 3 is 1.90 bits per heavy atom. The number of ether oxygens (including phenoxy) is 2. The van der Waals surface area contributed by atoms with E-state index >= 15 is 0 Å². The van der Waals surface area contributed by atoms with Crippen molar-refractivity contribution in [2.24, 2.45) is 5.92 Å². The molecule has 0 unspecified atom stereocenters. The van der Waals surface area contributed by atoms with Gasteiger partial charge in [0.15, 0.2) is 5.92 Å². The SMILES string of the molecule is CCOC(=O)C(C(=O)OCC)C1Nc2ccccc2N1. The molecule has 0 aliphatic carbocycles. The fourth-order valence-corrected chi connectivity index (χ4v) is 2.11. The summed E-state index contributed by atoms with van der Waals surface area (Å²) in [5.41, 5.74) is 1.69. The molecule has 1 aliphatic heterocycles. The maximum absolute atomic E-state index is 12.0. The van der Waals surface area contributed by atoms with Gasteiger partial charge in [0.05, 0.1) is 24.6 Å². The molecule has 1 aliphatic rings. The Balaban J connectivity index is 2.16. The normalized spacial score (nSPS) is 13.3. The van der Waals surface area contributed by atoms with Gasteiger partial charge in [-0.2, -0.15) is 0 Å². The number of hydrogen-bond acceptors (Lipinski definition) is 6. The number of carbonyl (C=O) groups excluding carboxylic acids is 2. The molecule has 0 spiro atoms. The van der Waals surface area contributed by atoms with E-state index in [4.69, 9.17) is 9.47 Å². The highest BCUT2D eigenvalue weighted by molar-refractivity contribution is 5.97. The molecular formula is C14H18N2O4. The maximum Gasteiger partial charge on any atom is 0.324 e. The van der Waals surface area contributed by atoms with E-state index in [0.717, 1.165) is 11.4 Å². The van der Waals surface area contributed by atoms with Gasteiger partial charge in [0.1, 0.15) is 6.17 Å². The lowest BCUT2D eigenvalue weighted by Crippen LogP contribution is -2.43.